The highest BCUT2D eigenvalue weighted by Crippen LogP contribution is 2.38. The number of halogens is 2. The molecule has 24 heavy (non-hydrogen) atoms. The van der Waals surface area contributed by atoms with Gasteiger partial charge >= 0.3 is 0 Å². The summed E-state index contributed by atoms with van der Waals surface area (Å²) in [7, 11) is 1.78. The van der Waals surface area contributed by atoms with Gasteiger partial charge < -0.3 is 10.0 Å². The van der Waals surface area contributed by atoms with Gasteiger partial charge in [0.25, 0.3) is 0 Å². The van der Waals surface area contributed by atoms with Crippen LogP contribution in [0.25, 0.3) is 11.0 Å². The molecule has 1 aliphatic heterocycles. The van der Waals surface area contributed by atoms with E-state index in [9.17, 15) is 13.9 Å². The minimum atomic E-state index is -0.900. The predicted octanol–water partition coefficient (Wildman–Crippen LogP) is 1.95. The van der Waals surface area contributed by atoms with Crippen molar-refractivity contribution in [3.8, 4) is 0 Å². The lowest BCUT2D eigenvalue weighted by Gasteiger charge is -2.26. The Hall–Kier alpha value is -2.61. The van der Waals surface area contributed by atoms with E-state index < -0.39 is 17.7 Å². The van der Waals surface area contributed by atoms with Gasteiger partial charge in [-0.05, 0) is 24.1 Å². The number of anilines is 1. The molecule has 0 amide bonds. The lowest BCUT2D eigenvalue weighted by Crippen LogP contribution is -2.25. The van der Waals surface area contributed by atoms with Crippen molar-refractivity contribution >= 4 is 16.9 Å². The molecule has 8 heteroatoms. The van der Waals surface area contributed by atoms with Crippen molar-refractivity contribution in [3.63, 3.8) is 0 Å². The van der Waals surface area contributed by atoms with Crippen LogP contribution in [-0.2, 0) is 7.05 Å². The first-order chi connectivity index (χ1) is 11.5. The van der Waals surface area contributed by atoms with Crippen molar-refractivity contribution in [2.24, 2.45) is 7.05 Å². The summed E-state index contributed by atoms with van der Waals surface area (Å²) >= 11 is 0. The van der Waals surface area contributed by atoms with Gasteiger partial charge in [-0.25, -0.2) is 18.7 Å². The van der Waals surface area contributed by atoms with Gasteiger partial charge in [0.05, 0.1) is 23.7 Å². The maximum Gasteiger partial charge on any atom is 0.163 e. The van der Waals surface area contributed by atoms with Gasteiger partial charge in [-0.2, -0.15) is 5.10 Å². The molecule has 1 aliphatic rings. The maximum absolute atomic E-state index is 13.6. The summed E-state index contributed by atoms with van der Waals surface area (Å²) in [5.74, 6) is -1.16. The van der Waals surface area contributed by atoms with E-state index in [4.69, 9.17) is 0 Å². The Labute approximate surface area is 136 Å². The lowest BCUT2D eigenvalue weighted by atomic mass is 10.0. The summed E-state index contributed by atoms with van der Waals surface area (Å²) in [4.78, 5) is 10.4. The molecule has 1 saturated heterocycles. The highest BCUT2D eigenvalue weighted by Gasteiger charge is 2.34. The third kappa shape index (κ3) is 2.30. The second-order valence-corrected chi connectivity index (χ2v) is 5.93. The zero-order valence-electron chi connectivity index (χ0n) is 12.9. The maximum atomic E-state index is 13.6. The van der Waals surface area contributed by atoms with Gasteiger partial charge in [0.15, 0.2) is 17.3 Å². The van der Waals surface area contributed by atoms with E-state index in [2.05, 4.69) is 15.1 Å². The first-order valence-electron chi connectivity index (χ1n) is 7.57. The van der Waals surface area contributed by atoms with E-state index >= 15 is 0 Å². The first-order valence-corrected chi connectivity index (χ1v) is 7.57. The van der Waals surface area contributed by atoms with E-state index in [0.717, 1.165) is 11.5 Å². The number of benzene rings is 1. The summed E-state index contributed by atoms with van der Waals surface area (Å²) in [6.07, 6.45) is 2.94. The second-order valence-electron chi connectivity index (χ2n) is 5.93. The van der Waals surface area contributed by atoms with E-state index in [-0.39, 0.29) is 6.04 Å². The monoisotopic (exact) mass is 331 g/mol. The Kier molecular flexibility index (Phi) is 3.42. The first kappa shape index (κ1) is 14.9. The minimum Gasteiger partial charge on any atom is -0.391 e. The Bertz CT molecular complexity index is 913. The molecule has 6 nitrogen and oxygen atoms in total. The zero-order valence-corrected chi connectivity index (χ0v) is 12.9. The van der Waals surface area contributed by atoms with Gasteiger partial charge in [-0.15, -0.1) is 0 Å². The third-order valence-electron chi connectivity index (χ3n) is 4.39. The third-order valence-corrected chi connectivity index (χ3v) is 4.39. The molecule has 1 N–H and O–H groups in total. The molecule has 0 saturated carbocycles. The van der Waals surface area contributed by atoms with Gasteiger partial charge in [-0.1, -0.05) is 6.07 Å². The molecule has 1 aromatic carbocycles. The summed E-state index contributed by atoms with van der Waals surface area (Å²) in [6, 6.07) is 3.52. The molecular weight excluding hydrogens is 316 g/mol. The smallest absolute Gasteiger partial charge is 0.163 e. The van der Waals surface area contributed by atoms with Gasteiger partial charge in [-0.3, -0.25) is 4.68 Å². The highest BCUT2D eigenvalue weighted by atomic mass is 19.2. The van der Waals surface area contributed by atoms with Crippen molar-refractivity contribution in [2.45, 2.75) is 18.6 Å². The van der Waals surface area contributed by atoms with Crippen LogP contribution in [0.3, 0.4) is 0 Å². The van der Waals surface area contributed by atoms with Crippen molar-refractivity contribution in [1.82, 2.24) is 19.7 Å². The fraction of sp³-hybridized carbons (Fsp3) is 0.312. The fourth-order valence-electron chi connectivity index (χ4n) is 3.26. The lowest BCUT2D eigenvalue weighted by molar-refractivity contribution is 0.194. The number of nitrogens with zero attached hydrogens (tertiary/aromatic N) is 5. The second kappa shape index (κ2) is 5.48. The van der Waals surface area contributed by atoms with Gasteiger partial charge in [0.2, 0.25) is 0 Å². The van der Waals surface area contributed by atoms with E-state index in [1.165, 1.54) is 18.5 Å². The van der Waals surface area contributed by atoms with Crippen LogP contribution in [0.4, 0.5) is 14.6 Å². The summed E-state index contributed by atoms with van der Waals surface area (Å²) in [5, 5.41) is 15.1. The number of β-amino-alcohol motifs (C(OH)–C–C–N with tert-alkyl or cyclic N) is 1. The Morgan fingerprint density at radius 1 is 1.21 bits per heavy atom. The van der Waals surface area contributed by atoms with Crippen molar-refractivity contribution in [1.29, 1.82) is 0 Å². The molecule has 0 aliphatic carbocycles. The zero-order chi connectivity index (χ0) is 16.8. The molecule has 0 spiro atoms. The number of aliphatic hydroxyl groups is 1. The largest absolute Gasteiger partial charge is 0.391 e. The summed E-state index contributed by atoms with van der Waals surface area (Å²) < 4.78 is 28.5. The Balaban J connectivity index is 1.81. The van der Waals surface area contributed by atoms with Crippen molar-refractivity contribution < 1.29 is 13.9 Å². The molecule has 3 heterocycles. The van der Waals surface area contributed by atoms with Crippen LogP contribution in [0.5, 0.6) is 0 Å². The van der Waals surface area contributed by atoms with Crippen LogP contribution in [0.2, 0.25) is 0 Å². The van der Waals surface area contributed by atoms with Crippen LogP contribution >= 0.6 is 0 Å². The van der Waals surface area contributed by atoms with Crippen LogP contribution < -0.4 is 4.90 Å². The van der Waals surface area contributed by atoms with Crippen LogP contribution in [0, 0.1) is 11.6 Å². The Morgan fingerprint density at radius 3 is 2.83 bits per heavy atom. The van der Waals surface area contributed by atoms with E-state index in [1.807, 2.05) is 4.90 Å². The average molecular weight is 331 g/mol. The standard InChI is InChI=1S/C16H15F2N5O/c1-22-15-11(6-21-22)16(20-8-19-15)23-7-10(24)5-14(23)9-2-3-12(17)13(18)4-9/h2-4,6,8,10,14,24H,5,7H2,1H3/t10-,14+/m1/s1. The number of aryl methyl sites for hydroxylation is 1. The minimum absolute atomic E-state index is 0.298. The van der Waals surface area contributed by atoms with Crippen molar-refractivity contribution in [3.05, 3.63) is 47.9 Å². The van der Waals surface area contributed by atoms with Crippen LogP contribution in [0.1, 0.15) is 18.0 Å². The molecule has 0 radical (unpaired) electrons. The van der Waals surface area contributed by atoms with Gasteiger partial charge in [0, 0.05) is 13.6 Å². The molecular formula is C16H15F2N5O. The topological polar surface area (TPSA) is 67.1 Å². The SMILES string of the molecule is Cn1ncc2c(N3C[C@H](O)C[C@H]3c3ccc(F)c(F)c3)ncnc21. The normalized spacial score (nSPS) is 20.9. The number of rotatable bonds is 2. The van der Waals surface area contributed by atoms with Crippen LogP contribution in [-0.4, -0.2) is 37.5 Å². The number of aliphatic hydroxyl groups excluding tert-OH is 1. The fourth-order valence-corrected chi connectivity index (χ4v) is 3.26. The van der Waals surface area contributed by atoms with Crippen molar-refractivity contribution in [2.75, 3.05) is 11.4 Å². The molecule has 2 atom stereocenters. The molecule has 4 rings (SSSR count). The molecule has 124 valence electrons. The molecule has 0 unspecified atom stereocenters. The number of fused-ring (bicyclic) bond motifs is 1. The van der Waals surface area contributed by atoms with Gasteiger partial charge in [0.1, 0.15) is 12.1 Å². The predicted molar refractivity (Wildman–Crippen MR) is 83.4 cm³/mol. The highest BCUT2D eigenvalue weighted by molar-refractivity contribution is 5.87. The number of hydrogen-bond acceptors (Lipinski definition) is 5. The van der Waals surface area contributed by atoms with Crippen LogP contribution in [0.15, 0.2) is 30.7 Å². The average Bonchev–Trinajstić information content (AvgIpc) is 3.14. The number of hydrogen-bond donors (Lipinski definition) is 1. The Morgan fingerprint density at radius 2 is 2.04 bits per heavy atom. The van der Waals surface area contributed by atoms with E-state index in [0.29, 0.717) is 30.0 Å². The molecule has 2 aromatic heterocycles. The summed E-state index contributed by atoms with van der Waals surface area (Å²) in [5.41, 5.74) is 1.27. The quantitative estimate of drug-likeness (QED) is 0.777. The molecule has 1 fully saturated rings. The molecule has 3 aromatic rings. The molecule has 0 bridgehead atoms. The van der Waals surface area contributed by atoms with E-state index in [1.54, 1.807) is 17.9 Å². The summed E-state index contributed by atoms with van der Waals surface area (Å²) in [6.45, 7) is 0.352. The number of aromatic nitrogens is 4.